The molecular weight excluding hydrogens is 665 g/mol. The van der Waals surface area contributed by atoms with Gasteiger partial charge in [0.25, 0.3) is 0 Å². The molecule has 0 bridgehead atoms. The van der Waals surface area contributed by atoms with Gasteiger partial charge in [0.05, 0.1) is 22.1 Å². The van der Waals surface area contributed by atoms with Crippen LogP contribution in [0, 0.1) is 0 Å². The molecule has 0 atom stereocenters. The van der Waals surface area contributed by atoms with E-state index in [2.05, 4.69) is 205 Å². The fraction of sp³-hybridized carbons (Fsp3) is 0.0566. The predicted molar refractivity (Wildman–Crippen MR) is 233 cm³/mol. The lowest BCUT2D eigenvalue weighted by molar-refractivity contribution is 0.660. The number of para-hydroxylation sites is 2. The third kappa shape index (κ3) is 4.31. The number of nitrogens with zero attached hydrogens (tertiary/aromatic N) is 2. The molecule has 2 aromatic heterocycles. The van der Waals surface area contributed by atoms with Gasteiger partial charge in [-0.25, -0.2) is 0 Å². The first-order chi connectivity index (χ1) is 27.0. The lowest BCUT2D eigenvalue weighted by Crippen LogP contribution is -2.15. The Bertz CT molecular complexity index is 3410. The van der Waals surface area contributed by atoms with Crippen LogP contribution in [-0.2, 0) is 5.41 Å². The molecule has 11 aromatic rings. The van der Waals surface area contributed by atoms with Gasteiger partial charge in [0.1, 0.15) is 0 Å². The van der Waals surface area contributed by atoms with Gasteiger partial charge in [-0.3, -0.25) is 0 Å². The molecule has 0 spiro atoms. The maximum atomic E-state index is 2.46. The summed E-state index contributed by atoms with van der Waals surface area (Å²) in [6.45, 7) is 4.76. The van der Waals surface area contributed by atoms with Crippen molar-refractivity contribution in [3.8, 4) is 33.6 Å². The largest absolute Gasteiger partial charge is 0.309 e. The normalized spacial score (nSPS) is 13.4. The van der Waals surface area contributed by atoms with Crippen molar-refractivity contribution >= 4 is 65.2 Å². The van der Waals surface area contributed by atoms with Crippen LogP contribution in [-0.4, -0.2) is 9.13 Å². The minimum absolute atomic E-state index is 0.104. The monoisotopic (exact) mass is 700 g/mol. The Morgan fingerprint density at radius 3 is 1.44 bits per heavy atom. The van der Waals surface area contributed by atoms with Crippen molar-refractivity contribution in [3.63, 3.8) is 0 Å². The molecule has 0 saturated heterocycles. The lowest BCUT2D eigenvalue weighted by Gasteiger charge is -2.22. The number of hydrogen-bond acceptors (Lipinski definition) is 0. The molecule has 0 aliphatic heterocycles. The standard InChI is InChI=1S/C53H36N2/c1-53(2)47-31-36-14-6-5-13-35(36)28-44(47)41-24-23-40(32-48(41)53)55-50-18-10-8-16-43(50)46-30-38(21-26-52(46)55)37-20-25-51-45(29-37)42-15-7-9-17-49(42)54(51)39-22-19-33-11-3-4-12-34(33)27-39/h3-32H,1-2H3. The molecule has 1 aliphatic rings. The summed E-state index contributed by atoms with van der Waals surface area (Å²) in [5, 5.41) is 10.2. The van der Waals surface area contributed by atoms with Gasteiger partial charge in [-0.05, 0) is 128 Å². The molecule has 9 aromatic carbocycles. The molecule has 0 unspecified atom stereocenters. The van der Waals surface area contributed by atoms with E-state index in [0.717, 1.165) is 0 Å². The first kappa shape index (κ1) is 30.6. The molecule has 2 nitrogen and oxygen atoms in total. The van der Waals surface area contributed by atoms with E-state index < -0.39 is 0 Å². The van der Waals surface area contributed by atoms with Crippen LogP contribution in [0.4, 0.5) is 0 Å². The highest BCUT2D eigenvalue weighted by Gasteiger charge is 2.36. The Morgan fingerprint density at radius 2 is 0.800 bits per heavy atom. The minimum Gasteiger partial charge on any atom is -0.309 e. The SMILES string of the molecule is CC1(C)c2cc(-n3c4ccccc4c4cc(-c5ccc6c(c5)c5ccccc5n6-c5ccc6ccccc6c5)ccc43)ccc2-c2cc3ccccc3cc21. The second kappa shape index (κ2) is 11.1. The second-order valence-corrected chi connectivity index (χ2v) is 15.8. The zero-order valence-electron chi connectivity index (χ0n) is 30.7. The number of hydrogen-bond donors (Lipinski definition) is 0. The fourth-order valence-electron chi connectivity index (χ4n) is 9.73. The van der Waals surface area contributed by atoms with Gasteiger partial charge in [-0.1, -0.05) is 123 Å². The van der Waals surface area contributed by atoms with Crippen LogP contribution in [0.15, 0.2) is 182 Å². The van der Waals surface area contributed by atoms with E-state index in [0.29, 0.717) is 0 Å². The highest BCUT2D eigenvalue weighted by Crippen LogP contribution is 2.51. The summed E-state index contributed by atoms with van der Waals surface area (Å²) in [7, 11) is 0. The number of rotatable bonds is 3. The van der Waals surface area contributed by atoms with Gasteiger partial charge in [-0.15, -0.1) is 0 Å². The molecule has 0 fully saturated rings. The van der Waals surface area contributed by atoms with Gasteiger partial charge in [0, 0.05) is 38.3 Å². The molecule has 1 aliphatic carbocycles. The maximum absolute atomic E-state index is 2.46. The fourth-order valence-corrected chi connectivity index (χ4v) is 9.73. The summed E-state index contributed by atoms with van der Waals surface area (Å²) in [5.41, 5.74) is 15.1. The van der Waals surface area contributed by atoms with Crippen LogP contribution in [0.25, 0.3) is 98.8 Å². The Balaban J connectivity index is 1.01. The number of benzene rings is 9. The second-order valence-electron chi connectivity index (χ2n) is 15.8. The first-order valence-electron chi connectivity index (χ1n) is 19.3. The van der Waals surface area contributed by atoms with Crippen LogP contribution < -0.4 is 0 Å². The van der Waals surface area contributed by atoms with E-state index in [-0.39, 0.29) is 5.41 Å². The molecule has 0 amide bonds. The Morgan fingerprint density at radius 1 is 0.327 bits per heavy atom. The molecule has 2 heteroatoms. The summed E-state index contributed by atoms with van der Waals surface area (Å²) >= 11 is 0. The minimum atomic E-state index is -0.104. The summed E-state index contributed by atoms with van der Waals surface area (Å²) in [5.74, 6) is 0. The smallest absolute Gasteiger partial charge is 0.0541 e. The molecule has 12 rings (SSSR count). The van der Waals surface area contributed by atoms with Crippen molar-refractivity contribution in [3.05, 3.63) is 193 Å². The predicted octanol–water partition coefficient (Wildman–Crippen LogP) is 14.2. The Labute approximate surface area is 319 Å². The van der Waals surface area contributed by atoms with Crippen molar-refractivity contribution < 1.29 is 0 Å². The summed E-state index contributed by atoms with van der Waals surface area (Å²) in [4.78, 5) is 0. The first-order valence-corrected chi connectivity index (χ1v) is 19.3. The van der Waals surface area contributed by atoms with E-state index in [1.54, 1.807) is 0 Å². The van der Waals surface area contributed by atoms with E-state index in [1.807, 2.05) is 0 Å². The van der Waals surface area contributed by atoms with Crippen LogP contribution >= 0.6 is 0 Å². The zero-order valence-corrected chi connectivity index (χ0v) is 30.7. The topological polar surface area (TPSA) is 9.86 Å². The Kier molecular flexibility index (Phi) is 6.15. The van der Waals surface area contributed by atoms with E-state index >= 15 is 0 Å². The van der Waals surface area contributed by atoms with Crippen molar-refractivity contribution in [1.82, 2.24) is 9.13 Å². The maximum Gasteiger partial charge on any atom is 0.0541 e. The molecule has 0 N–H and O–H groups in total. The van der Waals surface area contributed by atoms with E-state index in [4.69, 9.17) is 0 Å². The highest BCUT2D eigenvalue weighted by atomic mass is 15.0. The Hall–Kier alpha value is -6.90. The van der Waals surface area contributed by atoms with Crippen LogP contribution in [0.3, 0.4) is 0 Å². The summed E-state index contributed by atoms with van der Waals surface area (Å²) < 4.78 is 4.88. The van der Waals surface area contributed by atoms with Crippen LogP contribution in [0.2, 0.25) is 0 Å². The van der Waals surface area contributed by atoms with Crippen LogP contribution in [0.5, 0.6) is 0 Å². The van der Waals surface area contributed by atoms with Crippen molar-refractivity contribution in [2.45, 2.75) is 19.3 Å². The molecule has 55 heavy (non-hydrogen) atoms. The van der Waals surface area contributed by atoms with Gasteiger partial charge in [0.15, 0.2) is 0 Å². The van der Waals surface area contributed by atoms with E-state index in [9.17, 15) is 0 Å². The van der Waals surface area contributed by atoms with Gasteiger partial charge >= 0.3 is 0 Å². The summed E-state index contributed by atoms with van der Waals surface area (Å²) in [6, 6.07) is 67.7. The average molecular weight is 701 g/mol. The van der Waals surface area contributed by atoms with Gasteiger partial charge in [0.2, 0.25) is 0 Å². The van der Waals surface area contributed by atoms with E-state index in [1.165, 1.54) is 110 Å². The molecule has 258 valence electrons. The van der Waals surface area contributed by atoms with Gasteiger partial charge in [-0.2, -0.15) is 0 Å². The summed E-state index contributed by atoms with van der Waals surface area (Å²) in [6.07, 6.45) is 0. The highest BCUT2D eigenvalue weighted by molar-refractivity contribution is 6.13. The molecular formula is C53H36N2. The zero-order chi connectivity index (χ0) is 36.4. The average Bonchev–Trinajstić information content (AvgIpc) is 3.82. The lowest BCUT2D eigenvalue weighted by atomic mass is 9.81. The molecule has 2 heterocycles. The van der Waals surface area contributed by atoms with Crippen molar-refractivity contribution in [1.29, 1.82) is 0 Å². The van der Waals surface area contributed by atoms with Gasteiger partial charge < -0.3 is 9.13 Å². The number of fused-ring (bicyclic) bond motifs is 11. The third-order valence-corrected chi connectivity index (χ3v) is 12.5. The van der Waals surface area contributed by atoms with Crippen LogP contribution in [0.1, 0.15) is 25.0 Å². The quantitative estimate of drug-likeness (QED) is 0.174. The molecule has 0 saturated carbocycles. The van der Waals surface area contributed by atoms with Crippen molar-refractivity contribution in [2.24, 2.45) is 0 Å². The third-order valence-electron chi connectivity index (χ3n) is 12.5. The van der Waals surface area contributed by atoms with Crippen molar-refractivity contribution in [2.75, 3.05) is 0 Å². The number of aromatic nitrogens is 2. The molecule has 0 radical (unpaired) electrons.